The molecule has 1 unspecified atom stereocenters. The number of carbonyl (C=O) groups is 1. The molecule has 0 bridgehead atoms. The Hall–Kier alpha value is -2.80. The van der Waals surface area contributed by atoms with E-state index in [-0.39, 0.29) is 24.0 Å². The first-order valence-corrected chi connectivity index (χ1v) is 8.28. The zero-order chi connectivity index (χ0) is 17.4. The lowest BCUT2D eigenvalue weighted by atomic mass is 9.75. The first-order chi connectivity index (χ1) is 12.1. The second-order valence-corrected chi connectivity index (χ2v) is 6.54. The molecule has 0 saturated heterocycles. The van der Waals surface area contributed by atoms with Crippen LogP contribution >= 0.6 is 0 Å². The monoisotopic (exact) mass is 337 g/mol. The predicted octanol–water partition coefficient (Wildman–Crippen LogP) is 1.61. The summed E-state index contributed by atoms with van der Waals surface area (Å²) in [4.78, 5) is 21.2. The topological polar surface area (TPSA) is 92.9 Å². The number of nitrogens with one attached hydrogen (secondary N) is 1. The maximum absolute atomic E-state index is 12.8. The van der Waals surface area contributed by atoms with Crippen LogP contribution < -0.4 is 5.32 Å². The largest absolute Gasteiger partial charge is 0.393 e. The van der Waals surface area contributed by atoms with Gasteiger partial charge >= 0.3 is 0 Å². The maximum Gasteiger partial charge on any atom is 0.251 e. The number of benzene rings is 1. The second-order valence-electron chi connectivity index (χ2n) is 6.54. The van der Waals surface area contributed by atoms with Crippen LogP contribution in [0.15, 0.2) is 43.0 Å². The summed E-state index contributed by atoms with van der Waals surface area (Å²) in [5, 5.41) is 16.9. The van der Waals surface area contributed by atoms with Crippen molar-refractivity contribution in [1.29, 1.82) is 0 Å². The molecule has 3 aromatic rings. The van der Waals surface area contributed by atoms with E-state index in [1.54, 1.807) is 41.5 Å². The summed E-state index contributed by atoms with van der Waals surface area (Å²) < 4.78 is 1.72. The highest BCUT2D eigenvalue weighted by atomic mass is 16.3. The maximum atomic E-state index is 12.8. The Balaban J connectivity index is 1.58. The molecule has 0 radical (unpaired) electrons. The van der Waals surface area contributed by atoms with E-state index in [2.05, 4.69) is 20.4 Å². The number of hydrogen-bond acceptors (Lipinski definition) is 5. The molecule has 1 aliphatic carbocycles. The second kappa shape index (κ2) is 6.25. The lowest BCUT2D eigenvalue weighted by Crippen LogP contribution is -2.41. The van der Waals surface area contributed by atoms with Crippen LogP contribution in [0, 0.1) is 5.92 Å². The standard InChI is InChI=1S/C18H19N5O2/c1-23-10-13(9-21-23)17(12-6-14(24)7-12)22-18(25)11-2-3-15-16(8-11)20-5-4-19-15/h2-5,8-10,12,14,17,24H,6-7H2,1H3,(H,22,25). The number of nitrogens with zero attached hydrogens (tertiary/aromatic N) is 4. The number of aliphatic hydroxyl groups excluding tert-OH is 1. The third kappa shape index (κ3) is 3.10. The van der Waals surface area contributed by atoms with E-state index in [0.29, 0.717) is 23.9 Å². The summed E-state index contributed by atoms with van der Waals surface area (Å²) in [5.41, 5.74) is 2.94. The molecule has 25 heavy (non-hydrogen) atoms. The summed E-state index contributed by atoms with van der Waals surface area (Å²) in [7, 11) is 1.85. The number of aromatic nitrogens is 4. The van der Waals surface area contributed by atoms with Gasteiger partial charge in [-0.05, 0) is 37.0 Å². The normalized spacial score (nSPS) is 20.9. The fourth-order valence-corrected chi connectivity index (χ4v) is 3.31. The van der Waals surface area contributed by atoms with Crippen LogP contribution in [-0.2, 0) is 7.05 Å². The number of aryl methyl sites for hydroxylation is 1. The van der Waals surface area contributed by atoms with E-state index in [0.717, 1.165) is 11.1 Å². The lowest BCUT2D eigenvalue weighted by molar-refractivity contribution is 0.0235. The van der Waals surface area contributed by atoms with E-state index >= 15 is 0 Å². The molecule has 1 fully saturated rings. The van der Waals surface area contributed by atoms with Gasteiger partial charge in [-0.1, -0.05) is 0 Å². The molecule has 2 heterocycles. The highest BCUT2D eigenvalue weighted by molar-refractivity contribution is 5.97. The van der Waals surface area contributed by atoms with Gasteiger partial charge < -0.3 is 10.4 Å². The Bertz CT molecular complexity index is 916. The SMILES string of the molecule is Cn1cc(C(NC(=O)c2ccc3nccnc3c2)C2CC(O)C2)cn1. The van der Waals surface area contributed by atoms with E-state index in [1.165, 1.54) is 0 Å². The van der Waals surface area contributed by atoms with Gasteiger partial charge in [0.1, 0.15) is 0 Å². The highest BCUT2D eigenvalue weighted by Crippen LogP contribution is 2.38. The van der Waals surface area contributed by atoms with Crippen molar-refractivity contribution in [1.82, 2.24) is 25.1 Å². The fourth-order valence-electron chi connectivity index (χ4n) is 3.31. The Labute approximate surface area is 144 Å². The van der Waals surface area contributed by atoms with Crippen LogP contribution in [0.4, 0.5) is 0 Å². The van der Waals surface area contributed by atoms with E-state index in [1.807, 2.05) is 13.2 Å². The van der Waals surface area contributed by atoms with Crippen molar-refractivity contribution in [3.8, 4) is 0 Å². The Morgan fingerprint density at radius 1 is 1.28 bits per heavy atom. The summed E-state index contributed by atoms with van der Waals surface area (Å²) in [6.07, 6.45) is 7.99. The van der Waals surface area contributed by atoms with E-state index in [9.17, 15) is 9.90 Å². The van der Waals surface area contributed by atoms with Crippen molar-refractivity contribution in [2.45, 2.75) is 25.0 Å². The van der Waals surface area contributed by atoms with Gasteiger partial charge in [0, 0.05) is 36.8 Å². The summed E-state index contributed by atoms with van der Waals surface area (Å²) in [6.45, 7) is 0. The Morgan fingerprint density at radius 3 is 2.72 bits per heavy atom. The first kappa shape index (κ1) is 15.7. The number of aliphatic hydroxyl groups is 1. The van der Waals surface area contributed by atoms with Crippen molar-refractivity contribution in [2.24, 2.45) is 13.0 Å². The van der Waals surface area contributed by atoms with Crippen molar-refractivity contribution in [3.05, 3.63) is 54.1 Å². The van der Waals surface area contributed by atoms with Crippen molar-refractivity contribution < 1.29 is 9.90 Å². The minimum atomic E-state index is -0.281. The molecule has 4 rings (SSSR count). The molecule has 1 aliphatic rings. The number of fused-ring (bicyclic) bond motifs is 1. The van der Waals surface area contributed by atoms with Gasteiger partial charge in [-0.3, -0.25) is 19.4 Å². The zero-order valence-corrected chi connectivity index (χ0v) is 13.8. The summed E-state index contributed by atoms with van der Waals surface area (Å²) in [6, 6.07) is 5.13. The van der Waals surface area contributed by atoms with Crippen molar-refractivity contribution >= 4 is 16.9 Å². The molecule has 128 valence electrons. The van der Waals surface area contributed by atoms with Crippen LogP contribution in [-0.4, -0.2) is 36.9 Å². The Kier molecular flexibility index (Phi) is 3.93. The zero-order valence-electron chi connectivity index (χ0n) is 13.8. The molecule has 7 heteroatoms. The van der Waals surface area contributed by atoms with Gasteiger partial charge in [-0.25, -0.2) is 0 Å². The number of carbonyl (C=O) groups excluding carboxylic acids is 1. The molecule has 0 spiro atoms. The van der Waals surface area contributed by atoms with Crippen LogP contribution in [0.5, 0.6) is 0 Å². The van der Waals surface area contributed by atoms with Crippen LogP contribution in [0.25, 0.3) is 11.0 Å². The smallest absolute Gasteiger partial charge is 0.251 e. The molecule has 0 aliphatic heterocycles. The molecule has 1 amide bonds. The summed E-state index contributed by atoms with van der Waals surface area (Å²) >= 11 is 0. The van der Waals surface area contributed by atoms with E-state index in [4.69, 9.17) is 0 Å². The average Bonchev–Trinajstić information content (AvgIpc) is 3.03. The van der Waals surface area contributed by atoms with Crippen LogP contribution in [0.3, 0.4) is 0 Å². The molecule has 1 saturated carbocycles. The Morgan fingerprint density at radius 2 is 2.04 bits per heavy atom. The van der Waals surface area contributed by atoms with Gasteiger partial charge in [0.25, 0.3) is 5.91 Å². The van der Waals surface area contributed by atoms with Crippen LogP contribution in [0.2, 0.25) is 0 Å². The van der Waals surface area contributed by atoms with Crippen molar-refractivity contribution in [3.63, 3.8) is 0 Å². The first-order valence-electron chi connectivity index (χ1n) is 8.28. The molecule has 1 aromatic carbocycles. The van der Waals surface area contributed by atoms with Gasteiger partial charge in [0.05, 0.1) is 29.4 Å². The molecular weight excluding hydrogens is 318 g/mol. The highest BCUT2D eigenvalue weighted by Gasteiger charge is 2.36. The van der Waals surface area contributed by atoms with Crippen LogP contribution in [0.1, 0.15) is 34.8 Å². The van der Waals surface area contributed by atoms with E-state index < -0.39 is 0 Å². The third-order valence-electron chi connectivity index (χ3n) is 4.72. The molecule has 7 nitrogen and oxygen atoms in total. The molecular formula is C18H19N5O2. The minimum Gasteiger partial charge on any atom is -0.393 e. The minimum absolute atomic E-state index is 0.164. The lowest BCUT2D eigenvalue weighted by Gasteiger charge is -2.37. The average molecular weight is 337 g/mol. The predicted molar refractivity (Wildman–Crippen MR) is 91.7 cm³/mol. The number of hydrogen-bond donors (Lipinski definition) is 2. The summed E-state index contributed by atoms with van der Waals surface area (Å²) in [5.74, 6) is 0.0474. The van der Waals surface area contributed by atoms with Gasteiger partial charge in [0.2, 0.25) is 0 Å². The fraction of sp³-hybridized carbons (Fsp3) is 0.333. The molecule has 1 atom stereocenters. The van der Waals surface area contributed by atoms with Gasteiger partial charge in [-0.15, -0.1) is 0 Å². The quantitative estimate of drug-likeness (QED) is 0.754. The molecule has 2 aromatic heterocycles. The number of rotatable bonds is 4. The number of amides is 1. The molecule has 2 N–H and O–H groups in total. The van der Waals surface area contributed by atoms with Gasteiger partial charge in [0.15, 0.2) is 0 Å². The third-order valence-corrected chi connectivity index (χ3v) is 4.72. The van der Waals surface area contributed by atoms with Gasteiger partial charge in [-0.2, -0.15) is 5.10 Å². The van der Waals surface area contributed by atoms with Crippen molar-refractivity contribution in [2.75, 3.05) is 0 Å².